The highest BCUT2D eigenvalue weighted by Gasteiger charge is 2.41. The molecule has 1 saturated heterocycles. The van der Waals surface area contributed by atoms with Gasteiger partial charge in [-0.15, -0.1) is 0 Å². The van der Waals surface area contributed by atoms with Gasteiger partial charge in [0.05, 0.1) is 19.2 Å². The second-order valence-electron chi connectivity index (χ2n) is 9.72. The van der Waals surface area contributed by atoms with Gasteiger partial charge < -0.3 is 24.4 Å². The molecular weight excluding hydrogens is 439 g/mol. The van der Waals surface area contributed by atoms with E-state index in [9.17, 15) is 19.1 Å². The molecule has 2 aliphatic rings. The molecule has 3 atom stereocenters. The molecule has 2 aliphatic heterocycles. The number of amides is 2. The maximum atomic E-state index is 13.7. The zero-order chi connectivity index (χ0) is 24.5. The Morgan fingerprint density at radius 3 is 2.50 bits per heavy atom. The minimum absolute atomic E-state index is 0.0725. The van der Waals surface area contributed by atoms with Crippen LogP contribution in [0.4, 0.5) is 9.18 Å². The second-order valence-corrected chi connectivity index (χ2v) is 9.72. The molecule has 8 heteroatoms. The van der Waals surface area contributed by atoms with Crippen molar-refractivity contribution in [1.29, 1.82) is 0 Å². The first kappa shape index (κ1) is 24.2. The molecule has 34 heavy (non-hydrogen) atoms. The molecule has 182 valence electrons. The first-order valence-electron chi connectivity index (χ1n) is 11.6. The van der Waals surface area contributed by atoms with Crippen LogP contribution in [-0.2, 0) is 20.7 Å². The van der Waals surface area contributed by atoms with E-state index >= 15 is 0 Å². The van der Waals surface area contributed by atoms with Crippen LogP contribution >= 0.6 is 0 Å². The molecule has 2 amide bonds. The summed E-state index contributed by atoms with van der Waals surface area (Å²) in [6, 6.07) is 13.6. The van der Waals surface area contributed by atoms with Crippen molar-refractivity contribution in [3.63, 3.8) is 0 Å². The van der Waals surface area contributed by atoms with Crippen LogP contribution in [0.25, 0.3) is 0 Å². The first-order chi connectivity index (χ1) is 16.1. The molecule has 0 radical (unpaired) electrons. The maximum absolute atomic E-state index is 13.7. The highest BCUT2D eigenvalue weighted by molar-refractivity contribution is 5.83. The molecule has 0 spiro atoms. The Bertz CT molecular complexity index is 1040. The SMILES string of the molecule is CC(C)(C)OC(=O)N1CCO[C@@H](C(=O)N2CCc3ccccc3[C@@H]2c2ccc(F)cc2)[C@@H](O)C1. The zero-order valence-corrected chi connectivity index (χ0v) is 19.7. The fourth-order valence-corrected chi connectivity index (χ4v) is 4.51. The number of carbonyl (C=O) groups is 2. The van der Waals surface area contributed by atoms with Crippen LogP contribution in [0.5, 0.6) is 0 Å². The highest BCUT2D eigenvalue weighted by atomic mass is 19.1. The van der Waals surface area contributed by atoms with E-state index in [-0.39, 0.29) is 31.4 Å². The van der Waals surface area contributed by atoms with Gasteiger partial charge in [0, 0.05) is 13.1 Å². The smallest absolute Gasteiger partial charge is 0.410 e. The molecule has 0 bridgehead atoms. The van der Waals surface area contributed by atoms with Gasteiger partial charge in [0.2, 0.25) is 0 Å². The number of aliphatic hydroxyl groups excluding tert-OH is 1. The molecule has 0 unspecified atom stereocenters. The van der Waals surface area contributed by atoms with E-state index in [2.05, 4.69) is 0 Å². The van der Waals surface area contributed by atoms with Crippen LogP contribution in [-0.4, -0.2) is 71.0 Å². The lowest BCUT2D eigenvalue weighted by molar-refractivity contribution is -0.152. The van der Waals surface area contributed by atoms with Crippen molar-refractivity contribution in [3.8, 4) is 0 Å². The third-order valence-corrected chi connectivity index (χ3v) is 6.06. The van der Waals surface area contributed by atoms with Crippen LogP contribution in [0.15, 0.2) is 48.5 Å². The number of hydrogen-bond donors (Lipinski definition) is 1. The monoisotopic (exact) mass is 470 g/mol. The van der Waals surface area contributed by atoms with Gasteiger partial charge in [-0.05, 0) is 56.0 Å². The number of β-amino-alcohol motifs (C(OH)–C–C–N with tert-alkyl or cyclic N) is 1. The zero-order valence-electron chi connectivity index (χ0n) is 19.7. The number of carbonyl (C=O) groups excluding carboxylic acids is 2. The summed E-state index contributed by atoms with van der Waals surface area (Å²) in [5.74, 6) is -0.710. The number of nitrogens with zero attached hydrogens (tertiary/aromatic N) is 2. The molecule has 2 aromatic carbocycles. The van der Waals surface area contributed by atoms with Crippen molar-refractivity contribution in [1.82, 2.24) is 9.80 Å². The van der Waals surface area contributed by atoms with Gasteiger partial charge >= 0.3 is 6.09 Å². The van der Waals surface area contributed by atoms with Gasteiger partial charge in [-0.1, -0.05) is 36.4 Å². The minimum atomic E-state index is -1.21. The Hall–Kier alpha value is -2.97. The lowest BCUT2D eigenvalue weighted by Crippen LogP contribution is -2.51. The fourth-order valence-electron chi connectivity index (χ4n) is 4.51. The molecular formula is C26H31FN2O5. The molecule has 0 aliphatic carbocycles. The summed E-state index contributed by atoms with van der Waals surface area (Å²) >= 11 is 0. The number of hydrogen-bond acceptors (Lipinski definition) is 5. The average Bonchev–Trinajstić information content (AvgIpc) is 2.99. The molecule has 1 N–H and O–H groups in total. The van der Waals surface area contributed by atoms with Gasteiger partial charge in [-0.25, -0.2) is 9.18 Å². The third-order valence-electron chi connectivity index (χ3n) is 6.06. The van der Waals surface area contributed by atoms with Crippen molar-refractivity contribution in [2.24, 2.45) is 0 Å². The van der Waals surface area contributed by atoms with E-state index in [4.69, 9.17) is 9.47 Å². The fraction of sp³-hybridized carbons (Fsp3) is 0.462. The maximum Gasteiger partial charge on any atom is 0.410 e. The summed E-state index contributed by atoms with van der Waals surface area (Å²) in [5, 5.41) is 10.9. The van der Waals surface area contributed by atoms with E-state index in [0.717, 1.165) is 16.7 Å². The van der Waals surface area contributed by atoms with Gasteiger partial charge in [-0.2, -0.15) is 0 Å². The van der Waals surface area contributed by atoms with Gasteiger partial charge in [0.15, 0.2) is 6.10 Å². The average molecular weight is 471 g/mol. The van der Waals surface area contributed by atoms with Crippen molar-refractivity contribution in [3.05, 3.63) is 71.0 Å². The Kier molecular flexibility index (Phi) is 6.91. The van der Waals surface area contributed by atoms with Gasteiger partial charge in [-0.3, -0.25) is 4.79 Å². The summed E-state index contributed by atoms with van der Waals surface area (Å²) < 4.78 is 24.8. The predicted octanol–water partition coefficient (Wildman–Crippen LogP) is 3.30. The highest BCUT2D eigenvalue weighted by Crippen LogP contribution is 2.36. The van der Waals surface area contributed by atoms with Gasteiger partial charge in [0.25, 0.3) is 5.91 Å². The predicted molar refractivity (Wildman–Crippen MR) is 124 cm³/mol. The second kappa shape index (κ2) is 9.72. The molecule has 7 nitrogen and oxygen atoms in total. The third kappa shape index (κ3) is 5.23. The lowest BCUT2D eigenvalue weighted by Gasteiger charge is -2.40. The lowest BCUT2D eigenvalue weighted by atomic mass is 9.87. The summed E-state index contributed by atoms with van der Waals surface area (Å²) in [7, 11) is 0. The van der Waals surface area contributed by atoms with E-state index in [1.807, 2.05) is 24.3 Å². The van der Waals surface area contributed by atoms with Crippen LogP contribution in [0.2, 0.25) is 0 Å². The normalized spacial score (nSPS) is 23.1. The van der Waals surface area contributed by atoms with Crippen molar-refractivity contribution >= 4 is 12.0 Å². The Balaban J connectivity index is 1.58. The van der Waals surface area contributed by atoms with E-state index < -0.39 is 29.9 Å². The standard InChI is InChI=1S/C26H31FN2O5/c1-26(2,3)34-25(32)28-14-15-33-23(21(30)16-28)24(31)29-13-12-17-6-4-5-7-20(17)22(29)18-8-10-19(27)11-9-18/h4-11,21-23,30H,12-16H2,1-3H3/t21-,22-,23+/m0/s1. The molecule has 2 aromatic rings. The molecule has 2 heterocycles. The Labute approximate surface area is 199 Å². The summed E-state index contributed by atoms with van der Waals surface area (Å²) in [4.78, 5) is 29.3. The summed E-state index contributed by atoms with van der Waals surface area (Å²) in [6.45, 7) is 5.97. The summed E-state index contributed by atoms with van der Waals surface area (Å²) in [5.41, 5.74) is 2.19. The van der Waals surface area contributed by atoms with E-state index in [1.165, 1.54) is 17.0 Å². The Morgan fingerprint density at radius 1 is 1.09 bits per heavy atom. The first-order valence-corrected chi connectivity index (χ1v) is 11.6. The van der Waals surface area contributed by atoms with Crippen LogP contribution in [0, 0.1) is 5.82 Å². The van der Waals surface area contributed by atoms with E-state index in [1.54, 1.807) is 37.8 Å². The largest absolute Gasteiger partial charge is 0.444 e. The van der Waals surface area contributed by atoms with Crippen LogP contribution in [0.3, 0.4) is 0 Å². The molecule has 1 fully saturated rings. The number of halogens is 1. The van der Waals surface area contributed by atoms with Gasteiger partial charge in [0.1, 0.15) is 17.5 Å². The quantitative estimate of drug-likeness (QED) is 0.729. The molecule has 0 saturated carbocycles. The van der Waals surface area contributed by atoms with Crippen molar-refractivity contribution in [2.45, 2.75) is 51.0 Å². The minimum Gasteiger partial charge on any atom is -0.444 e. The number of rotatable bonds is 2. The topological polar surface area (TPSA) is 79.3 Å². The Morgan fingerprint density at radius 2 is 1.79 bits per heavy atom. The number of aliphatic hydroxyl groups is 1. The van der Waals surface area contributed by atoms with Crippen LogP contribution < -0.4 is 0 Å². The van der Waals surface area contributed by atoms with Crippen molar-refractivity contribution < 1.29 is 28.6 Å². The number of benzene rings is 2. The summed E-state index contributed by atoms with van der Waals surface area (Å²) in [6.07, 6.45) is -2.24. The van der Waals surface area contributed by atoms with Crippen LogP contribution in [0.1, 0.15) is 43.5 Å². The number of ether oxygens (including phenoxy) is 2. The molecule has 0 aromatic heterocycles. The number of fused-ring (bicyclic) bond motifs is 1. The van der Waals surface area contributed by atoms with E-state index in [0.29, 0.717) is 13.0 Å². The van der Waals surface area contributed by atoms with Crippen molar-refractivity contribution in [2.75, 3.05) is 26.2 Å². The molecule has 4 rings (SSSR count).